The smallest absolute Gasteiger partial charge is 0.126 e. The third kappa shape index (κ3) is 3.23. The lowest BCUT2D eigenvalue weighted by molar-refractivity contribution is 0.886. The maximum absolute atomic E-state index is 8.91. The number of hydrogen-bond donors (Lipinski definition) is 1. The molecule has 0 fully saturated rings. The fourth-order valence-electron chi connectivity index (χ4n) is 1.85. The first-order chi connectivity index (χ1) is 9.22. The summed E-state index contributed by atoms with van der Waals surface area (Å²) in [5.41, 5.74) is 2.66. The van der Waals surface area contributed by atoms with E-state index in [1.54, 1.807) is 6.07 Å². The van der Waals surface area contributed by atoms with Crippen LogP contribution in [0.25, 0.3) is 0 Å². The maximum Gasteiger partial charge on any atom is 0.126 e. The van der Waals surface area contributed by atoms with Crippen molar-refractivity contribution < 1.29 is 0 Å². The zero-order valence-corrected chi connectivity index (χ0v) is 11.1. The molecule has 0 spiro atoms. The number of hydrogen-bond acceptors (Lipinski definition) is 4. The first kappa shape index (κ1) is 12.9. The molecule has 1 heterocycles. The van der Waals surface area contributed by atoms with Gasteiger partial charge in [-0.1, -0.05) is 12.1 Å². The number of anilines is 2. The Morgan fingerprint density at radius 1 is 1.26 bits per heavy atom. The highest BCUT2D eigenvalue weighted by Crippen LogP contribution is 2.16. The maximum atomic E-state index is 8.91. The molecule has 4 nitrogen and oxygen atoms in total. The lowest BCUT2D eigenvalue weighted by Crippen LogP contribution is -2.17. The van der Waals surface area contributed by atoms with Crippen molar-refractivity contribution in [3.63, 3.8) is 0 Å². The number of aromatic nitrogens is 1. The predicted molar refractivity (Wildman–Crippen MR) is 77.0 cm³/mol. The van der Waals surface area contributed by atoms with E-state index in [1.807, 2.05) is 50.5 Å². The summed E-state index contributed by atoms with van der Waals surface area (Å²) in [4.78, 5) is 6.55. The van der Waals surface area contributed by atoms with E-state index in [1.165, 1.54) is 0 Å². The highest BCUT2D eigenvalue weighted by Gasteiger charge is 2.04. The molecule has 0 unspecified atom stereocenters. The van der Waals surface area contributed by atoms with Crippen molar-refractivity contribution in [2.24, 2.45) is 0 Å². The Labute approximate surface area is 113 Å². The number of rotatable bonds is 4. The van der Waals surface area contributed by atoms with Gasteiger partial charge in [-0.15, -0.1) is 0 Å². The molecule has 0 saturated carbocycles. The van der Waals surface area contributed by atoms with E-state index in [9.17, 15) is 0 Å². The first-order valence-electron chi connectivity index (χ1n) is 6.08. The van der Waals surface area contributed by atoms with E-state index in [0.29, 0.717) is 12.1 Å². The molecule has 2 aromatic rings. The molecule has 96 valence electrons. The summed E-state index contributed by atoms with van der Waals surface area (Å²) < 4.78 is 0. The second-order valence-corrected chi connectivity index (χ2v) is 4.28. The Morgan fingerprint density at radius 2 is 2.05 bits per heavy atom. The second kappa shape index (κ2) is 5.87. The fraction of sp³-hybridized carbons (Fsp3) is 0.200. The number of nitrogens with zero attached hydrogens (tertiary/aromatic N) is 3. The minimum atomic E-state index is 0.668. The fourth-order valence-corrected chi connectivity index (χ4v) is 1.85. The summed E-state index contributed by atoms with van der Waals surface area (Å²) in [5.74, 6) is 0.858. The van der Waals surface area contributed by atoms with Gasteiger partial charge in [0.1, 0.15) is 5.82 Å². The summed E-state index contributed by atoms with van der Waals surface area (Å²) in [5, 5.41) is 11.9. The molecule has 0 radical (unpaired) electrons. The standard InChI is InChI=1S/C15H16N4/c1-17-15-8-4-6-13(18-15)11-19(2)14-7-3-5-12(9-14)10-16/h3-9H,11H2,1-2H3,(H,17,18). The molecule has 0 atom stereocenters. The van der Waals surface area contributed by atoms with Crippen LogP contribution in [-0.2, 0) is 6.54 Å². The van der Waals surface area contributed by atoms with Crippen LogP contribution < -0.4 is 10.2 Å². The van der Waals surface area contributed by atoms with Gasteiger partial charge in [0.05, 0.1) is 23.9 Å². The molecule has 2 rings (SSSR count). The molecule has 0 aliphatic heterocycles. The molecule has 1 N–H and O–H groups in total. The van der Waals surface area contributed by atoms with E-state index < -0.39 is 0 Å². The molecule has 0 aliphatic rings. The van der Waals surface area contributed by atoms with Gasteiger partial charge in [-0.2, -0.15) is 5.26 Å². The molecular formula is C15H16N4. The van der Waals surface area contributed by atoms with Gasteiger partial charge in [-0.25, -0.2) is 4.98 Å². The van der Waals surface area contributed by atoms with Crippen molar-refractivity contribution in [1.29, 1.82) is 5.26 Å². The van der Waals surface area contributed by atoms with E-state index in [4.69, 9.17) is 5.26 Å². The molecule has 0 amide bonds. The lowest BCUT2D eigenvalue weighted by atomic mass is 10.2. The predicted octanol–water partition coefficient (Wildman–Crippen LogP) is 2.63. The SMILES string of the molecule is CNc1cccc(CN(C)c2cccc(C#N)c2)n1. The van der Waals surface area contributed by atoms with Crippen molar-refractivity contribution in [2.45, 2.75) is 6.54 Å². The van der Waals surface area contributed by atoms with Crippen molar-refractivity contribution in [3.8, 4) is 6.07 Å². The quantitative estimate of drug-likeness (QED) is 0.908. The number of pyridine rings is 1. The Morgan fingerprint density at radius 3 is 2.79 bits per heavy atom. The van der Waals surface area contributed by atoms with Crippen LogP contribution in [0.4, 0.5) is 11.5 Å². The highest BCUT2D eigenvalue weighted by molar-refractivity contribution is 5.51. The second-order valence-electron chi connectivity index (χ2n) is 4.28. The monoisotopic (exact) mass is 252 g/mol. The van der Waals surface area contributed by atoms with Crippen LogP contribution >= 0.6 is 0 Å². The molecule has 19 heavy (non-hydrogen) atoms. The third-order valence-corrected chi connectivity index (χ3v) is 2.88. The number of nitriles is 1. The van der Waals surface area contributed by atoms with Gasteiger partial charge in [0.15, 0.2) is 0 Å². The van der Waals surface area contributed by atoms with Gasteiger partial charge in [-0.3, -0.25) is 0 Å². The molecule has 1 aromatic heterocycles. The van der Waals surface area contributed by atoms with Crippen LogP contribution in [-0.4, -0.2) is 19.1 Å². The van der Waals surface area contributed by atoms with E-state index in [2.05, 4.69) is 21.3 Å². The molecule has 0 saturated heterocycles. The normalized spacial score (nSPS) is 9.74. The van der Waals surface area contributed by atoms with Crippen LogP contribution in [0.15, 0.2) is 42.5 Å². The Balaban J connectivity index is 2.15. The van der Waals surface area contributed by atoms with Crippen molar-refractivity contribution >= 4 is 11.5 Å². The van der Waals surface area contributed by atoms with Gasteiger partial charge >= 0.3 is 0 Å². The lowest BCUT2D eigenvalue weighted by Gasteiger charge is -2.19. The van der Waals surface area contributed by atoms with Crippen LogP contribution in [0.5, 0.6) is 0 Å². The Kier molecular flexibility index (Phi) is 3.99. The van der Waals surface area contributed by atoms with Gasteiger partial charge in [-0.05, 0) is 30.3 Å². The Hall–Kier alpha value is -2.54. The summed E-state index contributed by atoms with van der Waals surface area (Å²) in [6, 6.07) is 15.6. The molecule has 0 bridgehead atoms. The third-order valence-electron chi connectivity index (χ3n) is 2.88. The topological polar surface area (TPSA) is 52.0 Å². The van der Waals surface area contributed by atoms with Crippen molar-refractivity contribution in [2.75, 3.05) is 24.3 Å². The van der Waals surface area contributed by atoms with Crippen molar-refractivity contribution in [1.82, 2.24) is 4.98 Å². The minimum Gasteiger partial charge on any atom is -0.373 e. The molecular weight excluding hydrogens is 236 g/mol. The van der Waals surface area contributed by atoms with Crippen LogP contribution in [0, 0.1) is 11.3 Å². The van der Waals surface area contributed by atoms with Crippen LogP contribution in [0.3, 0.4) is 0 Å². The van der Waals surface area contributed by atoms with Gasteiger partial charge in [0.2, 0.25) is 0 Å². The summed E-state index contributed by atoms with van der Waals surface area (Å²) in [7, 11) is 3.84. The molecule has 1 aromatic carbocycles. The minimum absolute atomic E-state index is 0.668. The average molecular weight is 252 g/mol. The van der Waals surface area contributed by atoms with Crippen molar-refractivity contribution in [3.05, 3.63) is 53.7 Å². The van der Waals surface area contributed by atoms with Gasteiger partial charge in [0.25, 0.3) is 0 Å². The van der Waals surface area contributed by atoms with E-state index in [0.717, 1.165) is 17.2 Å². The Bertz CT molecular complexity index is 601. The first-order valence-corrected chi connectivity index (χ1v) is 6.08. The zero-order valence-electron chi connectivity index (χ0n) is 11.1. The molecule has 0 aliphatic carbocycles. The van der Waals surface area contributed by atoms with Gasteiger partial charge in [0, 0.05) is 19.8 Å². The van der Waals surface area contributed by atoms with E-state index >= 15 is 0 Å². The summed E-state index contributed by atoms with van der Waals surface area (Å²) >= 11 is 0. The van der Waals surface area contributed by atoms with E-state index in [-0.39, 0.29) is 0 Å². The molecule has 4 heteroatoms. The zero-order chi connectivity index (χ0) is 13.7. The highest BCUT2D eigenvalue weighted by atomic mass is 15.1. The number of benzene rings is 1. The average Bonchev–Trinajstić information content (AvgIpc) is 2.47. The number of nitrogens with one attached hydrogen (secondary N) is 1. The van der Waals surface area contributed by atoms with Crippen LogP contribution in [0.1, 0.15) is 11.3 Å². The van der Waals surface area contributed by atoms with Crippen LogP contribution in [0.2, 0.25) is 0 Å². The van der Waals surface area contributed by atoms with Gasteiger partial charge < -0.3 is 10.2 Å². The largest absolute Gasteiger partial charge is 0.373 e. The summed E-state index contributed by atoms with van der Waals surface area (Å²) in [6.07, 6.45) is 0. The summed E-state index contributed by atoms with van der Waals surface area (Å²) in [6.45, 7) is 0.699.